The summed E-state index contributed by atoms with van der Waals surface area (Å²) < 4.78 is 12.6. The highest BCUT2D eigenvalue weighted by Gasteiger charge is 2.16. The van der Waals surface area contributed by atoms with E-state index < -0.39 is 5.91 Å². The van der Waals surface area contributed by atoms with Gasteiger partial charge in [-0.05, 0) is 43.2 Å². The van der Waals surface area contributed by atoms with Gasteiger partial charge in [-0.2, -0.15) is 5.10 Å². The van der Waals surface area contributed by atoms with Crippen LogP contribution in [-0.2, 0) is 6.54 Å². The molecule has 4 aromatic rings. The smallest absolute Gasteiger partial charge is 0.292 e. The highest BCUT2D eigenvalue weighted by atomic mass is 16.3. The predicted molar refractivity (Wildman–Crippen MR) is 99.9 cm³/mol. The second-order valence-corrected chi connectivity index (χ2v) is 6.27. The van der Waals surface area contributed by atoms with E-state index in [-0.39, 0.29) is 11.2 Å². The Bertz CT molecular complexity index is 1190. The summed E-state index contributed by atoms with van der Waals surface area (Å²) in [5, 5.41) is 7.37. The molecule has 0 atom stereocenters. The molecular weight excluding hydrogens is 346 g/mol. The zero-order chi connectivity index (χ0) is 19.0. The number of furan rings is 1. The van der Waals surface area contributed by atoms with Crippen molar-refractivity contribution in [1.29, 1.82) is 0 Å². The number of amides is 1. The maximum Gasteiger partial charge on any atom is 0.292 e. The third-order valence-corrected chi connectivity index (χ3v) is 4.48. The molecule has 3 heterocycles. The van der Waals surface area contributed by atoms with Gasteiger partial charge in [-0.25, -0.2) is 4.68 Å². The number of fused-ring (bicyclic) bond motifs is 1. The Labute approximate surface area is 154 Å². The number of carbonyl (C=O) groups excluding carboxylic acids is 1. The minimum atomic E-state index is -0.517. The first-order valence-corrected chi connectivity index (χ1v) is 8.42. The summed E-state index contributed by atoms with van der Waals surface area (Å²) >= 11 is 0. The van der Waals surface area contributed by atoms with Crippen molar-refractivity contribution in [2.24, 2.45) is 0 Å². The summed E-state index contributed by atoms with van der Waals surface area (Å²) in [6, 6.07) is 10.0. The number of carbonyl (C=O) groups is 1. The quantitative estimate of drug-likeness (QED) is 0.599. The van der Waals surface area contributed by atoms with Gasteiger partial charge in [0.15, 0.2) is 11.2 Å². The number of aryl methyl sites for hydroxylation is 2. The lowest BCUT2D eigenvalue weighted by Gasteiger charge is -2.09. The second-order valence-electron chi connectivity index (χ2n) is 6.27. The van der Waals surface area contributed by atoms with Crippen molar-refractivity contribution >= 4 is 22.7 Å². The van der Waals surface area contributed by atoms with Crippen LogP contribution in [0.3, 0.4) is 0 Å². The lowest BCUT2D eigenvalue weighted by molar-refractivity contribution is 0.0996. The molecule has 0 bridgehead atoms. The molecule has 0 saturated heterocycles. The first-order valence-electron chi connectivity index (χ1n) is 8.42. The average Bonchev–Trinajstić information content (AvgIpc) is 3.31. The minimum Gasteiger partial charge on any atom is -0.467 e. The van der Waals surface area contributed by atoms with Gasteiger partial charge in [0.25, 0.3) is 5.91 Å². The maximum atomic E-state index is 12.7. The fourth-order valence-electron chi connectivity index (χ4n) is 2.86. The Morgan fingerprint density at radius 2 is 2.07 bits per heavy atom. The summed E-state index contributed by atoms with van der Waals surface area (Å²) in [7, 11) is 0. The van der Waals surface area contributed by atoms with Crippen LogP contribution in [0.25, 0.3) is 11.0 Å². The van der Waals surface area contributed by atoms with Gasteiger partial charge in [-0.1, -0.05) is 6.07 Å². The third kappa shape index (κ3) is 3.15. The highest BCUT2D eigenvalue weighted by molar-refractivity contribution is 6.02. The van der Waals surface area contributed by atoms with Gasteiger partial charge in [0.1, 0.15) is 23.7 Å². The zero-order valence-electron chi connectivity index (χ0n) is 14.9. The Kier molecular flexibility index (Phi) is 4.12. The van der Waals surface area contributed by atoms with Crippen LogP contribution >= 0.6 is 0 Å². The lowest BCUT2D eigenvalue weighted by Crippen LogP contribution is -2.18. The molecule has 0 unspecified atom stereocenters. The summed E-state index contributed by atoms with van der Waals surface area (Å²) in [6.07, 6.45) is 3.15. The van der Waals surface area contributed by atoms with Crippen molar-refractivity contribution in [2.75, 3.05) is 5.32 Å². The summed E-state index contributed by atoms with van der Waals surface area (Å²) in [6.45, 7) is 4.16. The fraction of sp³-hybridized carbons (Fsp3) is 0.150. The molecule has 0 aliphatic carbocycles. The third-order valence-electron chi connectivity index (χ3n) is 4.48. The molecule has 1 amide bonds. The number of rotatable bonds is 4. The number of benzene rings is 1. The summed E-state index contributed by atoms with van der Waals surface area (Å²) in [5.41, 5.74) is 1.99. The molecule has 136 valence electrons. The van der Waals surface area contributed by atoms with E-state index in [9.17, 15) is 9.59 Å². The van der Waals surface area contributed by atoms with Crippen molar-refractivity contribution in [3.63, 3.8) is 0 Å². The molecule has 0 radical (unpaired) electrons. The van der Waals surface area contributed by atoms with Crippen LogP contribution in [0.4, 0.5) is 5.82 Å². The number of nitrogens with one attached hydrogen (secondary N) is 1. The van der Waals surface area contributed by atoms with Crippen LogP contribution in [0.5, 0.6) is 0 Å². The molecule has 4 rings (SSSR count). The van der Waals surface area contributed by atoms with E-state index >= 15 is 0 Å². The normalized spacial score (nSPS) is 11.0. The summed E-state index contributed by atoms with van der Waals surface area (Å²) in [5.74, 6) is 0.612. The monoisotopic (exact) mass is 363 g/mol. The Morgan fingerprint density at radius 1 is 1.22 bits per heavy atom. The van der Waals surface area contributed by atoms with Crippen LogP contribution in [0.2, 0.25) is 0 Å². The molecule has 0 spiro atoms. The molecule has 0 aliphatic heterocycles. The molecule has 27 heavy (non-hydrogen) atoms. The molecule has 0 fully saturated rings. The predicted octanol–water partition coefficient (Wildman–Crippen LogP) is 3.50. The molecule has 0 saturated carbocycles. The van der Waals surface area contributed by atoms with Crippen molar-refractivity contribution in [3.8, 4) is 0 Å². The van der Waals surface area contributed by atoms with Gasteiger partial charge in [-0.15, -0.1) is 0 Å². The molecule has 1 aromatic carbocycles. The van der Waals surface area contributed by atoms with Crippen LogP contribution in [-0.4, -0.2) is 15.7 Å². The SMILES string of the molecule is Cc1ccc2c(=O)cc(C(=O)Nc3ccnn3Cc3ccco3)oc2c1C. The van der Waals surface area contributed by atoms with E-state index in [2.05, 4.69) is 10.4 Å². The van der Waals surface area contributed by atoms with Crippen LogP contribution in [0, 0.1) is 13.8 Å². The molecule has 3 aromatic heterocycles. The van der Waals surface area contributed by atoms with Gasteiger partial charge in [0.05, 0.1) is 17.8 Å². The average molecular weight is 363 g/mol. The van der Waals surface area contributed by atoms with Gasteiger partial charge >= 0.3 is 0 Å². The van der Waals surface area contributed by atoms with Crippen LogP contribution in [0.1, 0.15) is 27.4 Å². The first kappa shape index (κ1) is 16.8. The van der Waals surface area contributed by atoms with E-state index in [4.69, 9.17) is 8.83 Å². The van der Waals surface area contributed by atoms with Gasteiger partial charge in [-0.3, -0.25) is 9.59 Å². The molecular formula is C20H17N3O4. The van der Waals surface area contributed by atoms with Crippen molar-refractivity contribution < 1.29 is 13.6 Å². The first-order chi connectivity index (χ1) is 13.0. The van der Waals surface area contributed by atoms with Crippen LogP contribution < -0.4 is 10.7 Å². The summed E-state index contributed by atoms with van der Waals surface area (Å²) in [4.78, 5) is 25.0. The molecule has 0 aliphatic rings. The van der Waals surface area contributed by atoms with E-state index in [0.717, 1.165) is 11.1 Å². The van der Waals surface area contributed by atoms with E-state index in [1.807, 2.05) is 26.0 Å². The van der Waals surface area contributed by atoms with E-state index in [1.54, 1.807) is 35.3 Å². The molecule has 7 heteroatoms. The Hall–Kier alpha value is -3.61. The van der Waals surface area contributed by atoms with E-state index in [1.165, 1.54) is 6.07 Å². The number of aromatic nitrogens is 2. The van der Waals surface area contributed by atoms with Gasteiger partial charge < -0.3 is 14.2 Å². The minimum absolute atomic E-state index is 0.0491. The van der Waals surface area contributed by atoms with Gasteiger partial charge in [0.2, 0.25) is 0 Å². The van der Waals surface area contributed by atoms with Crippen molar-refractivity contribution in [2.45, 2.75) is 20.4 Å². The molecule has 1 N–H and O–H groups in total. The Balaban J connectivity index is 1.65. The highest BCUT2D eigenvalue weighted by Crippen LogP contribution is 2.21. The maximum absolute atomic E-state index is 12.7. The van der Waals surface area contributed by atoms with Crippen LogP contribution in [0.15, 0.2) is 62.5 Å². The second kappa shape index (κ2) is 6.60. The standard InChI is InChI=1S/C20H17N3O4/c1-12-5-6-15-16(24)10-17(27-19(15)13(12)2)20(25)22-18-7-8-21-23(18)11-14-4-3-9-26-14/h3-10H,11H2,1-2H3,(H,22,25). The lowest BCUT2D eigenvalue weighted by atomic mass is 10.1. The Morgan fingerprint density at radius 3 is 2.85 bits per heavy atom. The zero-order valence-corrected chi connectivity index (χ0v) is 14.9. The number of anilines is 1. The topological polar surface area (TPSA) is 90.3 Å². The number of hydrogen-bond acceptors (Lipinski definition) is 5. The molecule has 7 nitrogen and oxygen atoms in total. The van der Waals surface area contributed by atoms with Crippen molar-refractivity contribution in [3.05, 3.63) is 81.7 Å². The van der Waals surface area contributed by atoms with Crippen molar-refractivity contribution in [1.82, 2.24) is 9.78 Å². The number of nitrogens with zero attached hydrogens (tertiary/aromatic N) is 2. The van der Waals surface area contributed by atoms with E-state index in [0.29, 0.717) is 29.1 Å². The van der Waals surface area contributed by atoms with Gasteiger partial charge in [0, 0.05) is 12.1 Å². The fourth-order valence-corrected chi connectivity index (χ4v) is 2.86. The largest absolute Gasteiger partial charge is 0.467 e. The number of hydrogen-bond donors (Lipinski definition) is 1.